The molecule has 0 atom stereocenters. The Morgan fingerprint density at radius 2 is 1.39 bits per heavy atom. The van der Waals surface area contributed by atoms with Gasteiger partial charge in [0.25, 0.3) is 0 Å². The molecule has 0 bridgehead atoms. The number of benzene rings is 3. The van der Waals surface area contributed by atoms with E-state index in [2.05, 4.69) is 98.1 Å². The van der Waals surface area contributed by atoms with E-state index in [0.717, 1.165) is 19.5 Å². The van der Waals surface area contributed by atoms with E-state index >= 15 is 0 Å². The predicted octanol–water partition coefficient (Wildman–Crippen LogP) is 6.47. The van der Waals surface area contributed by atoms with Crippen LogP contribution in [0.25, 0.3) is 0 Å². The molecule has 28 heavy (non-hydrogen) atoms. The van der Waals surface area contributed by atoms with E-state index in [4.69, 9.17) is 0 Å². The Kier molecular flexibility index (Phi) is 7.27. The number of para-hydroxylation sites is 1. The second-order valence-corrected chi connectivity index (χ2v) is 7.65. The highest BCUT2D eigenvalue weighted by atomic mass is 14.9. The molecule has 0 unspecified atom stereocenters. The molecule has 0 saturated heterocycles. The summed E-state index contributed by atoms with van der Waals surface area (Å²) in [7, 11) is 0. The summed E-state index contributed by atoms with van der Waals surface area (Å²) >= 11 is 0. The molecule has 0 aliphatic carbocycles. The third kappa shape index (κ3) is 5.71. The summed E-state index contributed by atoms with van der Waals surface area (Å²) in [5, 5.41) is 7.13. The lowest BCUT2D eigenvalue weighted by Crippen LogP contribution is -2.15. The van der Waals surface area contributed by atoms with Gasteiger partial charge in [0.2, 0.25) is 0 Å². The molecule has 0 spiro atoms. The highest BCUT2D eigenvalue weighted by molar-refractivity contribution is 5.65. The summed E-state index contributed by atoms with van der Waals surface area (Å²) in [6, 6.07) is 23.8. The van der Waals surface area contributed by atoms with Gasteiger partial charge in [-0.2, -0.15) is 0 Å². The molecule has 0 aromatic heterocycles. The van der Waals surface area contributed by atoms with Crippen molar-refractivity contribution in [1.82, 2.24) is 5.32 Å². The quantitative estimate of drug-likeness (QED) is 0.421. The Balaban J connectivity index is 1.42. The standard InChI is InChI=1S/C26H32N2/c1-20-10-4-6-13-24(20)19-27-17-9-8-12-23-15-16-26(22(3)18-23)28-25-14-7-5-11-21(25)2/h4-7,10-11,13-16,18,27-28H,8-9,12,17,19H2,1-3H3. The Labute approximate surface area is 170 Å². The Morgan fingerprint density at radius 3 is 2.14 bits per heavy atom. The van der Waals surface area contributed by atoms with E-state index in [9.17, 15) is 0 Å². The fraction of sp³-hybridized carbons (Fsp3) is 0.308. The summed E-state index contributed by atoms with van der Waals surface area (Å²) in [5.41, 5.74) is 9.13. The van der Waals surface area contributed by atoms with Gasteiger partial charge in [0, 0.05) is 17.9 Å². The van der Waals surface area contributed by atoms with Crippen molar-refractivity contribution in [3.63, 3.8) is 0 Å². The largest absolute Gasteiger partial charge is 0.355 e. The first-order valence-corrected chi connectivity index (χ1v) is 10.3. The molecule has 3 rings (SSSR count). The van der Waals surface area contributed by atoms with Crippen LogP contribution in [0, 0.1) is 20.8 Å². The van der Waals surface area contributed by atoms with Gasteiger partial charge < -0.3 is 10.6 Å². The fourth-order valence-corrected chi connectivity index (χ4v) is 3.49. The minimum absolute atomic E-state index is 0.963. The zero-order valence-electron chi connectivity index (χ0n) is 17.4. The molecular weight excluding hydrogens is 340 g/mol. The van der Waals surface area contributed by atoms with Crippen LogP contribution in [0.2, 0.25) is 0 Å². The van der Waals surface area contributed by atoms with Gasteiger partial charge in [-0.25, -0.2) is 0 Å². The number of nitrogens with one attached hydrogen (secondary N) is 2. The Hall–Kier alpha value is -2.58. The average Bonchev–Trinajstić information content (AvgIpc) is 2.69. The van der Waals surface area contributed by atoms with Crippen molar-refractivity contribution < 1.29 is 0 Å². The molecule has 2 N–H and O–H groups in total. The summed E-state index contributed by atoms with van der Waals surface area (Å²) in [5.74, 6) is 0. The van der Waals surface area contributed by atoms with E-state index in [1.165, 1.54) is 52.0 Å². The van der Waals surface area contributed by atoms with Gasteiger partial charge in [0.1, 0.15) is 0 Å². The van der Waals surface area contributed by atoms with E-state index in [0.29, 0.717) is 0 Å². The minimum atomic E-state index is 0.963. The first kappa shape index (κ1) is 20.2. The van der Waals surface area contributed by atoms with Gasteiger partial charge in [0.05, 0.1) is 0 Å². The minimum Gasteiger partial charge on any atom is -0.355 e. The van der Waals surface area contributed by atoms with Crippen LogP contribution >= 0.6 is 0 Å². The summed E-state index contributed by atoms with van der Waals surface area (Å²) in [6.07, 6.45) is 3.55. The second-order valence-electron chi connectivity index (χ2n) is 7.65. The molecule has 0 aliphatic rings. The smallest absolute Gasteiger partial charge is 0.0414 e. The molecule has 0 amide bonds. The van der Waals surface area contributed by atoms with E-state index in [1.807, 2.05) is 0 Å². The summed E-state index contributed by atoms with van der Waals surface area (Å²) < 4.78 is 0. The number of hydrogen-bond donors (Lipinski definition) is 2. The van der Waals surface area contributed by atoms with Crippen LogP contribution < -0.4 is 10.6 Å². The zero-order valence-corrected chi connectivity index (χ0v) is 17.4. The zero-order chi connectivity index (χ0) is 19.8. The lowest BCUT2D eigenvalue weighted by Gasteiger charge is -2.13. The number of hydrogen-bond acceptors (Lipinski definition) is 2. The number of anilines is 2. The van der Waals surface area contributed by atoms with Crippen molar-refractivity contribution in [1.29, 1.82) is 0 Å². The van der Waals surface area contributed by atoms with Crippen molar-refractivity contribution >= 4 is 11.4 Å². The predicted molar refractivity (Wildman–Crippen MR) is 121 cm³/mol. The van der Waals surface area contributed by atoms with Crippen LogP contribution in [0.1, 0.15) is 40.7 Å². The van der Waals surface area contributed by atoms with Crippen LogP contribution in [-0.4, -0.2) is 6.54 Å². The number of aryl methyl sites for hydroxylation is 4. The third-order valence-corrected chi connectivity index (χ3v) is 5.35. The van der Waals surface area contributed by atoms with Gasteiger partial charge >= 0.3 is 0 Å². The third-order valence-electron chi connectivity index (χ3n) is 5.35. The first-order valence-electron chi connectivity index (χ1n) is 10.3. The second kappa shape index (κ2) is 10.1. The van der Waals surface area contributed by atoms with Gasteiger partial charge in [-0.15, -0.1) is 0 Å². The monoisotopic (exact) mass is 372 g/mol. The van der Waals surface area contributed by atoms with Crippen molar-refractivity contribution in [2.45, 2.75) is 46.6 Å². The maximum atomic E-state index is 3.57. The molecule has 0 saturated carbocycles. The molecule has 0 radical (unpaired) electrons. The molecule has 0 heterocycles. The van der Waals surface area contributed by atoms with Gasteiger partial charge in [-0.3, -0.25) is 0 Å². The van der Waals surface area contributed by atoms with Crippen LogP contribution in [0.3, 0.4) is 0 Å². The average molecular weight is 373 g/mol. The van der Waals surface area contributed by atoms with Crippen molar-refractivity contribution in [3.05, 3.63) is 94.5 Å². The summed E-state index contributed by atoms with van der Waals surface area (Å²) in [4.78, 5) is 0. The van der Waals surface area contributed by atoms with Crippen LogP contribution in [0.5, 0.6) is 0 Å². The molecular formula is C26H32N2. The van der Waals surface area contributed by atoms with E-state index < -0.39 is 0 Å². The van der Waals surface area contributed by atoms with E-state index in [-0.39, 0.29) is 0 Å². The molecule has 2 nitrogen and oxygen atoms in total. The highest BCUT2D eigenvalue weighted by Crippen LogP contribution is 2.24. The topological polar surface area (TPSA) is 24.1 Å². The molecule has 146 valence electrons. The van der Waals surface area contributed by atoms with Crippen molar-refractivity contribution in [2.24, 2.45) is 0 Å². The van der Waals surface area contributed by atoms with Crippen molar-refractivity contribution in [3.8, 4) is 0 Å². The first-order chi connectivity index (χ1) is 13.6. The molecule has 0 fully saturated rings. The lowest BCUT2D eigenvalue weighted by atomic mass is 10.0. The van der Waals surface area contributed by atoms with Gasteiger partial charge in [-0.05, 0) is 86.5 Å². The Morgan fingerprint density at radius 1 is 0.679 bits per heavy atom. The lowest BCUT2D eigenvalue weighted by molar-refractivity contribution is 0.621. The fourth-order valence-electron chi connectivity index (χ4n) is 3.49. The maximum Gasteiger partial charge on any atom is 0.0414 e. The molecule has 3 aromatic rings. The maximum absolute atomic E-state index is 3.57. The number of unbranched alkanes of at least 4 members (excludes halogenated alkanes) is 1. The normalized spacial score (nSPS) is 10.8. The molecule has 0 aliphatic heterocycles. The van der Waals surface area contributed by atoms with E-state index in [1.54, 1.807) is 0 Å². The van der Waals surface area contributed by atoms with Crippen molar-refractivity contribution in [2.75, 3.05) is 11.9 Å². The Bertz CT molecular complexity index is 898. The SMILES string of the molecule is Cc1ccccc1CNCCCCc1ccc(Nc2ccccc2C)c(C)c1. The van der Waals surface area contributed by atoms with Crippen LogP contribution in [0.15, 0.2) is 66.7 Å². The van der Waals surface area contributed by atoms with Crippen LogP contribution in [0.4, 0.5) is 11.4 Å². The van der Waals surface area contributed by atoms with Gasteiger partial charge in [0.15, 0.2) is 0 Å². The highest BCUT2D eigenvalue weighted by Gasteiger charge is 2.03. The molecule has 3 aromatic carbocycles. The number of rotatable bonds is 9. The van der Waals surface area contributed by atoms with Gasteiger partial charge in [-0.1, -0.05) is 54.6 Å². The summed E-state index contributed by atoms with van der Waals surface area (Å²) in [6.45, 7) is 8.54. The molecule has 2 heteroatoms. The van der Waals surface area contributed by atoms with Crippen LogP contribution in [-0.2, 0) is 13.0 Å².